The highest BCUT2D eigenvalue weighted by Gasteiger charge is 2.30. The Morgan fingerprint density at radius 2 is 2.09 bits per heavy atom. The summed E-state index contributed by atoms with van der Waals surface area (Å²) in [7, 11) is 1.67. The third kappa shape index (κ3) is 3.46. The first kappa shape index (κ1) is 15.8. The van der Waals surface area contributed by atoms with Gasteiger partial charge in [0.25, 0.3) is 0 Å². The summed E-state index contributed by atoms with van der Waals surface area (Å²) in [6.07, 6.45) is 8.48. The van der Waals surface area contributed by atoms with Crippen molar-refractivity contribution in [2.24, 2.45) is 10.9 Å². The molecule has 4 heteroatoms. The number of benzene rings is 1. The van der Waals surface area contributed by atoms with Crippen molar-refractivity contribution in [1.29, 1.82) is 0 Å². The Balaban J connectivity index is 1.83. The van der Waals surface area contributed by atoms with Crippen molar-refractivity contribution in [3.63, 3.8) is 0 Å². The molecule has 0 atom stereocenters. The van der Waals surface area contributed by atoms with Crippen LogP contribution in [0.15, 0.2) is 28.9 Å². The van der Waals surface area contributed by atoms with Crippen LogP contribution in [0.3, 0.4) is 0 Å². The van der Waals surface area contributed by atoms with E-state index in [9.17, 15) is 4.79 Å². The second kappa shape index (κ2) is 6.99. The fraction of sp³-hybridized carbons (Fsp3) is 0.474. The van der Waals surface area contributed by atoms with E-state index in [-0.39, 0.29) is 5.97 Å². The summed E-state index contributed by atoms with van der Waals surface area (Å²) >= 11 is 0. The first-order chi connectivity index (χ1) is 11.2. The first-order valence-electron chi connectivity index (χ1n) is 8.40. The third-order valence-electron chi connectivity index (χ3n) is 4.58. The van der Waals surface area contributed by atoms with Crippen LogP contribution in [-0.2, 0) is 16.0 Å². The molecule has 0 saturated heterocycles. The van der Waals surface area contributed by atoms with E-state index < -0.39 is 0 Å². The van der Waals surface area contributed by atoms with Crippen LogP contribution in [0.5, 0.6) is 5.75 Å². The summed E-state index contributed by atoms with van der Waals surface area (Å²) in [5, 5.41) is 0. The molecule has 1 aliphatic heterocycles. The van der Waals surface area contributed by atoms with E-state index in [0.29, 0.717) is 17.5 Å². The third-order valence-corrected chi connectivity index (χ3v) is 4.58. The summed E-state index contributed by atoms with van der Waals surface area (Å²) in [4.78, 5) is 16.5. The number of carbonyl (C=O) groups excluding carboxylic acids is 1. The summed E-state index contributed by atoms with van der Waals surface area (Å²) in [6, 6.07) is 5.90. The number of hydrogen-bond donors (Lipinski definition) is 0. The fourth-order valence-electron chi connectivity index (χ4n) is 3.27. The van der Waals surface area contributed by atoms with Crippen molar-refractivity contribution in [2.75, 3.05) is 7.11 Å². The van der Waals surface area contributed by atoms with Gasteiger partial charge in [-0.3, -0.25) is 0 Å². The topological polar surface area (TPSA) is 47.9 Å². The maximum absolute atomic E-state index is 12.1. The SMILES string of the molecule is CCc1cc(/C=C2/N=C(C3CCCCC3)OC2=O)ccc1OC. The Hall–Kier alpha value is -2.10. The van der Waals surface area contributed by atoms with Gasteiger partial charge in [-0.1, -0.05) is 32.3 Å². The Bertz CT molecular complexity index is 655. The number of methoxy groups -OCH3 is 1. The van der Waals surface area contributed by atoms with E-state index in [2.05, 4.69) is 11.9 Å². The van der Waals surface area contributed by atoms with Crippen molar-refractivity contribution in [3.8, 4) is 5.75 Å². The van der Waals surface area contributed by atoms with Crippen molar-refractivity contribution < 1.29 is 14.3 Å². The molecule has 23 heavy (non-hydrogen) atoms. The van der Waals surface area contributed by atoms with Gasteiger partial charge in [0.2, 0.25) is 5.90 Å². The predicted octanol–water partition coefficient (Wildman–Crippen LogP) is 4.13. The number of esters is 1. The predicted molar refractivity (Wildman–Crippen MR) is 90.5 cm³/mol. The van der Waals surface area contributed by atoms with Gasteiger partial charge in [0.1, 0.15) is 5.75 Å². The van der Waals surface area contributed by atoms with Gasteiger partial charge in [-0.2, -0.15) is 0 Å². The van der Waals surface area contributed by atoms with Gasteiger partial charge in [-0.25, -0.2) is 9.79 Å². The lowest BCUT2D eigenvalue weighted by atomic mass is 9.89. The summed E-state index contributed by atoms with van der Waals surface area (Å²) < 4.78 is 10.7. The molecular formula is C19H23NO3. The number of carbonyl (C=O) groups is 1. The number of rotatable bonds is 4. The minimum absolute atomic E-state index is 0.306. The van der Waals surface area contributed by atoms with Crippen LogP contribution in [-0.4, -0.2) is 19.0 Å². The van der Waals surface area contributed by atoms with Gasteiger partial charge in [0.05, 0.1) is 7.11 Å². The minimum atomic E-state index is -0.334. The molecule has 4 nitrogen and oxygen atoms in total. The largest absolute Gasteiger partial charge is 0.496 e. The number of hydrogen-bond acceptors (Lipinski definition) is 4. The molecule has 2 aliphatic rings. The normalized spacial score (nSPS) is 20.5. The number of aliphatic imine (C=N–C) groups is 1. The highest BCUT2D eigenvalue weighted by atomic mass is 16.6. The Morgan fingerprint density at radius 3 is 2.78 bits per heavy atom. The molecule has 0 N–H and O–H groups in total. The van der Waals surface area contributed by atoms with Crippen molar-refractivity contribution in [2.45, 2.75) is 45.4 Å². The van der Waals surface area contributed by atoms with E-state index in [1.54, 1.807) is 13.2 Å². The highest BCUT2D eigenvalue weighted by Crippen LogP contribution is 2.29. The van der Waals surface area contributed by atoms with Crippen molar-refractivity contribution in [3.05, 3.63) is 35.0 Å². The average molecular weight is 313 g/mol. The lowest BCUT2D eigenvalue weighted by Gasteiger charge is -2.19. The second-order valence-corrected chi connectivity index (χ2v) is 6.13. The molecular weight excluding hydrogens is 290 g/mol. The lowest BCUT2D eigenvalue weighted by molar-refractivity contribution is -0.130. The zero-order valence-electron chi connectivity index (χ0n) is 13.8. The van der Waals surface area contributed by atoms with Gasteiger partial charge in [0.15, 0.2) is 5.70 Å². The molecule has 1 aliphatic carbocycles. The lowest BCUT2D eigenvalue weighted by Crippen LogP contribution is -2.19. The van der Waals surface area contributed by atoms with E-state index in [4.69, 9.17) is 9.47 Å². The molecule has 0 bridgehead atoms. The number of aryl methyl sites for hydroxylation is 1. The van der Waals surface area contributed by atoms with Gasteiger partial charge in [-0.15, -0.1) is 0 Å². The zero-order valence-corrected chi connectivity index (χ0v) is 13.8. The fourth-order valence-corrected chi connectivity index (χ4v) is 3.27. The molecule has 1 aromatic carbocycles. The molecule has 0 amide bonds. The standard InChI is InChI=1S/C19H23NO3/c1-3-14-11-13(9-10-17(14)22-2)12-16-19(21)23-18(20-16)15-7-5-4-6-8-15/h9-12,15H,3-8H2,1-2H3/b16-12+. The quantitative estimate of drug-likeness (QED) is 0.620. The summed E-state index contributed by atoms with van der Waals surface area (Å²) in [5.41, 5.74) is 2.46. The van der Waals surface area contributed by atoms with Crippen molar-refractivity contribution >= 4 is 17.9 Å². The molecule has 3 rings (SSSR count). The van der Waals surface area contributed by atoms with Crippen LogP contribution < -0.4 is 4.74 Å². The minimum Gasteiger partial charge on any atom is -0.496 e. The Labute approximate surface area is 137 Å². The molecule has 1 saturated carbocycles. The van der Waals surface area contributed by atoms with E-state index >= 15 is 0 Å². The van der Waals surface area contributed by atoms with Gasteiger partial charge in [0, 0.05) is 5.92 Å². The molecule has 0 unspecified atom stereocenters. The Morgan fingerprint density at radius 1 is 1.30 bits per heavy atom. The number of cyclic esters (lactones) is 1. The average Bonchev–Trinajstić information content (AvgIpc) is 2.96. The summed E-state index contributed by atoms with van der Waals surface area (Å²) in [6.45, 7) is 2.08. The first-order valence-corrected chi connectivity index (χ1v) is 8.40. The van der Waals surface area contributed by atoms with Crippen molar-refractivity contribution in [1.82, 2.24) is 0 Å². The monoisotopic (exact) mass is 313 g/mol. The molecule has 0 radical (unpaired) electrons. The maximum atomic E-state index is 12.1. The van der Waals surface area contributed by atoms with E-state index in [0.717, 1.165) is 36.1 Å². The Kier molecular flexibility index (Phi) is 4.79. The zero-order chi connectivity index (χ0) is 16.2. The van der Waals surface area contributed by atoms with Crippen LogP contribution in [0.2, 0.25) is 0 Å². The molecule has 0 spiro atoms. The van der Waals surface area contributed by atoms with E-state index in [1.165, 1.54) is 19.3 Å². The summed E-state index contributed by atoms with van der Waals surface area (Å²) in [5.74, 6) is 1.46. The second-order valence-electron chi connectivity index (χ2n) is 6.13. The molecule has 1 aromatic rings. The van der Waals surface area contributed by atoms with Crippen LogP contribution in [0.25, 0.3) is 6.08 Å². The number of nitrogens with zero attached hydrogens (tertiary/aromatic N) is 1. The highest BCUT2D eigenvalue weighted by molar-refractivity contribution is 6.07. The van der Waals surface area contributed by atoms with E-state index in [1.807, 2.05) is 18.2 Å². The van der Waals surface area contributed by atoms with Crippen LogP contribution in [0.1, 0.15) is 50.2 Å². The van der Waals surface area contributed by atoms with Gasteiger partial charge >= 0.3 is 5.97 Å². The van der Waals surface area contributed by atoms with Crippen LogP contribution >= 0.6 is 0 Å². The van der Waals surface area contributed by atoms with Gasteiger partial charge < -0.3 is 9.47 Å². The van der Waals surface area contributed by atoms with Crippen LogP contribution in [0.4, 0.5) is 0 Å². The molecule has 1 heterocycles. The maximum Gasteiger partial charge on any atom is 0.363 e. The number of ether oxygens (including phenoxy) is 2. The molecule has 1 fully saturated rings. The smallest absolute Gasteiger partial charge is 0.363 e. The molecule has 122 valence electrons. The van der Waals surface area contributed by atoms with Gasteiger partial charge in [-0.05, 0) is 48.6 Å². The molecule has 0 aromatic heterocycles. The van der Waals surface area contributed by atoms with Crippen LogP contribution in [0, 0.1) is 5.92 Å².